The SMILES string of the molecule is c1ccc2c(c1)nc1n2CC2(CCCCC2)OC1. The van der Waals surface area contributed by atoms with Crippen LogP contribution in [0.5, 0.6) is 0 Å². The molecule has 94 valence electrons. The third kappa shape index (κ3) is 1.50. The van der Waals surface area contributed by atoms with Gasteiger partial charge in [-0.1, -0.05) is 31.4 Å². The molecule has 18 heavy (non-hydrogen) atoms. The van der Waals surface area contributed by atoms with Crippen LogP contribution in [0.1, 0.15) is 37.9 Å². The Bertz CT molecular complexity index is 581. The summed E-state index contributed by atoms with van der Waals surface area (Å²) in [5.74, 6) is 1.09. The van der Waals surface area contributed by atoms with Crippen LogP contribution in [-0.2, 0) is 17.9 Å². The van der Waals surface area contributed by atoms with Gasteiger partial charge in [-0.15, -0.1) is 0 Å². The van der Waals surface area contributed by atoms with E-state index in [2.05, 4.69) is 33.8 Å². The summed E-state index contributed by atoms with van der Waals surface area (Å²) in [6.07, 6.45) is 6.39. The van der Waals surface area contributed by atoms with Gasteiger partial charge >= 0.3 is 0 Å². The first-order valence-electron chi connectivity index (χ1n) is 6.95. The van der Waals surface area contributed by atoms with Crippen LogP contribution in [0.15, 0.2) is 24.3 Å². The normalized spacial score (nSPS) is 22.2. The van der Waals surface area contributed by atoms with E-state index >= 15 is 0 Å². The van der Waals surface area contributed by atoms with Crippen molar-refractivity contribution in [1.29, 1.82) is 0 Å². The summed E-state index contributed by atoms with van der Waals surface area (Å²) in [5, 5.41) is 0. The average Bonchev–Trinajstić information content (AvgIpc) is 2.78. The third-order valence-electron chi connectivity index (χ3n) is 4.45. The van der Waals surface area contributed by atoms with Gasteiger partial charge in [-0.3, -0.25) is 0 Å². The number of ether oxygens (including phenoxy) is 1. The molecular weight excluding hydrogens is 224 g/mol. The lowest BCUT2D eigenvalue weighted by molar-refractivity contribution is -0.110. The highest BCUT2D eigenvalue weighted by molar-refractivity contribution is 5.76. The first-order chi connectivity index (χ1) is 8.86. The van der Waals surface area contributed by atoms with Crippen LogP contribution in [-0.4, -0.2) is 15.2 Å². The zero-order valence-electron chi connectivity index (χ0n) is 10.6. The maximum absolute atomic E-state index is 6.18. The van der Waals surface area contributed by atoms with Crippen molar-refractivity contribution >= 4 is 11.0 Å². The van der Waals surface area contributed by atoms with E-state index in [4.69, 9.17) is 4.74 Å². The van der Waals surface area contributed by atoms with Crippen molar-refractivity contribution in [1.82, 2.24) is 9.55 Å². The van der Waals surface area contributed by atoms with Gasteiger partial charge in [-0.2, -0.15) is 0 Å². The van der Waals surface area contributed by atoms with Gasteiger partial charge in [0.15, 0.2) is 0 Å². The van der Waals surface area contributed by atoms with Gasteiger partial charge in [0.25, 0.3) is 0 Å². The molecule has 4 rings (SSSR count). The highest BCUT2D eigenvalue weighted by Crippen LogP contribution is 2.37. The molecule has 0 atom stereocenters. The monoisotopic (exact) mass is 242 g/mol. The smallest absolute Gasteiger partial charge is 0.136 e. The Morgan fingerprint density at radius 3 is 2.83 bits per heavy atom. The summed E-state index contributed by atoms with van der Waals surface area (Å²) in [6.45, 7) is 1.66. The van der Waals surface area contributed by atoms with Crippen molar-refractivity contribution in [3.63, 3.8) is 0 Å². The fraction of sp³-hybridized carbons (Fsp3) is 0.533. The first-order valence-corrected chi connectivity index (χ1v) is 6.95. The first kappa shape index (κ1) is 10.6. The second-order valence-electron chi connectivity index (χ2n) is 5.64. The highest BCUT2D eigenvalue weighted by atomic mass is 16.5. The summed E-state index contributed by atoms with van der Waals surface area (Å²) in [6, 6.07) is 8.42. The number of nitrogens with zero attached hydrogens (tertiary/aromatic N) is 2. The molecule has 1 aliphatic heterocycles. The van der Waals surface area contributed by atoms with Crippen LogP contribution < -0.4 is 0 Å². The van der Waals surface area contributed by atoms with Crippen molar-refractivity contribution in [2.24, 2.45) is 0 Å². The Labute approximate surface area is 107 Å². The lowest BCUT2D eigenvalue weighted by atomic mass is 9.84. The fourth-order valence-corrected chi connectivity index (χ4v) is 3.46. The Morgan fingerprint density at radius 2 is 1.94 bits per heavy atom. The number of benzene rings is 1. The van der Waals surface area contributed by atoms with E-state index in [9.17, 15) is 0 Å². The fourth-order valence-electron chi connectivity index (χ4n) is 3.46. The molecule has 1 fully saturated rings. The number of rotatable bonds is 0. The van der Waals surface area contributed by atoms with Crippen LogP contribution >= 0.6 is 0 Å². The second-order valence-corrected chi connectivity index (χ2v) is 5.64. The average molecular weight is 242 g/mol. The predicted octanol–water partition coefficient (Wildman–Crippen LogP) is 3.27. The molecule has 0 unspecified atom stereocenters. The van der Waals surface area contributed by atoms with Crippen molar-refractivity contribution in [2.75, 3.05) is 0 Å². The molecule has 1 spiro atoms. The summed E-state index contributed by atoms with van der Waals surface area (Å²) in [4.78, 5) is 4.67. The standard InChI is InChI=1S/C15H18N2O/c1-4-8-15(9-5-1)11-17-13-7-3-2-6-12(13)16-14(17)10-18-15/h2-3,6-7H,1,4-5,8-11H2. The van der Waals surface area contributed by atoms with Crippen LogP contribution in [0, 0.1) is 0 Å². The van der Waals surface area contributed by atoms with E-state index in [0.29, 0.717) is 6.61 Å². The largest absolute Gasteiger partial charge is 0.365 e. The molecule has 2 heterocycles. The molecule has 1 aromatic heterocycles. The van der Waals surface area contributed by atoms with Crippen molar-refractivity contribution in [2.45, 2.75) is 50.9 Å². The van der Waals surface area contributed by atoms with Crippen LogP contribution in [0.2, 0.25) is 0 Å². The lowest BCUT2D eigenvalue weighted by Crippen LogP contribution is -2.43. The number of hydrogen-bond donors (Lipinski definition) is 0. The Kier molecular flexibility index (Phi) is 2.24. The molecule has 2 aromatic rings. The van der Waals surface area contributed by atoms with Gasteiger partial charge in [0.2, 0.25) is 0 Å². The van der Waals surface area contributed by atoms with E-state index in [1.54, 1.807) is 0 Å². The van der Waals surface area contributed by atoms with Gasteiger partial charge in [0.1, 0.15) is 12.4 Å². The van der Waals surface area contributed by atoms with Gasteiger partial charge < -0.3 is 9.30 Å². The van der Waals surface area contributed by atoms with Crippen molar-refractivity contribution in [3.05, 3.63) is 30.1 Å². The highest BCUT2D eigenvalue weighted by Gasteiger charge is 2.37. The van der Waals surface area contributed by atoms with Crippen molar-refractivity contribution < 1.29 is 4.74 Å². The van der Waals surface area contributed by atoms with Crippen LogP contribution in [0.3, 0.4) is 0 Å². The second kappa shape index (κ2) is 3.82. The maximum Gasteiger partial charge on any atom is 0.136 e. The number of fused-ring (bicyclic) bond motifs is 3. The number of imidazole rings is 1. The number of para-hydroxylation sites is 2. The lowest BCUT2D eigenvalue weighted by Gasteiger charge is -2.40. The summed E-state index contributed by atoms with van der Waals surface area (Å²) in [5.41, 5.74) is 2.46. The predicted molar refractivity (Wildman–Crippen MR) is 70.3 cm³/mol. The minimum Gasteiger partial charge on any atom is -0.365 e. The Balaban J connectivity index is 1.79. The quantitative estimate of drug-likeness (QED) is 0.709. The number of hydrogen-bond acceptors (Lipinski definition) is 2. The summed E-state index contributed by atoms with van der Waals surface area (Å²) in [7, 11) is 0. The van der Waals surface area contributed by atoms with Gasteiger partial charge in [0.05, 0.1) is 23.2 Å². The molecular formula is C15H18N2O. The Morgan fingerprint density at radius 1 is 1.11 bits per heavy atom. The zero-order valence-corrected chi connectivity index (χ0v) is 10.6. The van der Waals surface area contributed by atoms with E-state index in [1.807, 2.05) is 0 Å². The molecule has 1 aromatic carbocycles. The Hall–Kier alpha value is -1.35. The van der Waals surface area contributed by atoms with Gasteiger partial charge in [0, 0.05) is 0 Å². The molecule has 3 nitrogen and oxygen atoms in total. The molecule has 0 N–H and O–H groups in total. The molecule has 0 radical (unpaired) electrons. The van der Waals surface area contributed by atoms with Gasteiger partial charge in [-0.25, -0.2) is 4.98 Å². The van der Waals surface area contributed by atoms with Crippen LogP contribution in [0.25, 0.3) is 11.0 Å². The molecule has 3 heteroatoms. The third-order valence-corrected chi connectivity index (χ3v) is 4.45. The minimum atomic E-state index is 0.0920. The molecule has 0 bridgehead atoms. The zero-order chi connectivity index (χ0) is 12.0. The maximum atomic E-state index is 6.18. The summed E-state index contributed by atoms with van der Waals surface area (Å²) < 4.78 is 8.56. The molecule has 2 aliphatic rings. The molecule has 0 amide bonds. The van der Waals surface area contributed by atoms with Gasteiger partial charge in [-0.05, 0) is 25.0 Å². The van der Waals surface area contributed by atoms with E-state index in [1.165, 1.54) is 37.6 Å². The molecule has 1 saturated carbocycles. The van der Waals surface area contributed by atoms with Crippen LogP contribution in [0.4, 0.5) is 0 Å². The topological polar surface area (TPSA) is 27.1 Å². The van der Waals surface area contributed by atoms with E-state index < -0.39 is 0 Å². The summed E-state index contributed by atoms with van der Waals surface area (Å²) >= 11 is 0. The molecule has 1 aliphatic carbocycles. The number of aromatic nitrogens is 2. The van der Waals surface area contributed by atoms with E-state index in [0.717, 1.165) is 17.9 Å². The van der Waals surface area contributed by atoms with Crippen molar-refractivity contribution in [3.8, 4) is 0 Å². The molecule has 0 saturated heterocycles. The van der Waals surface area contributed by atoms with E-state index in [-0.39, 0.29) is 5.60 Å². The minimum absolute atomic E-state index is 0.0920.